The fourth-order valence-electron chi connectivity index (χ4n) is 1.34. The number of aliphatic hydroxyl groups is 1. The minimum atomic E-state index is -0.646. The summed E-state index contributed by atoms with van der Waals surface area (Å²) in [6.07, 6.45) is -0.106. The smallest absolute Gasteiger partial charge is 0.258 e. The van der Waals surface area contributed by atoms with E-state index < -0.39 is 17.8 Å². The van der Waals surface area contributed by atoms with Crippen LogP contribution in [0.2, 0.25) is 0 Å². The van der Waals surface area contributed by atoms with Gasteiger partial charge in [-0.25, -0.2) is 4.39 Å². The zero-order chi connectivity index (χ0) is 12.8. The molecule has 0 saturated heterocycles. The van der Waals surface area contributed by atoms with Crippen LogP contribution in [0, 0.1) is 5.82 Å². The van der Waals surface area contributed by atoms with Crippen LogP contribution >= 0.6 is 0 Å². The van der Waals surface area contributed by atoms with Gasteiger partial charge in [0.15, 0.2) is 0 Å². The van der Waals surface area contributed by atoms with Gasteiger partial charge in [0, 0.05) is 6.54 Å². The zero-order valence-electron chi connectivity index (χ0n) is 9.87. The molecule has 0 saturated carbocycles. The number of carbonyl (C=O) groups is 1. The average Bonchev–Trinajstić information content (AvgIpc) is 2.34. The molecule has 0 bridgehead atoms. The number of hydrogen-bond donors (Lipinski definition) is 2. The van der Waals surface area contributed by atoms with Crippen molar-refractivity contribution >= 4 is 5.91 Å². The summed E-state index contributed by atoms with van der Waals surface area (Å²) in [5.74, 6) is -1.06. The second kappa shape index (κ2) is 6.20. The first-order valence-corrected chi connectivity index (χ1v) is 5.38. The molecule has 0 aliphatic carbocycles. The minimum Gasteiger partial charge on any atom is -0.496 e. The van der Waals surface area contributed by atoms with Crippen molar-refractivity contribution < 1.29 is 19.0 Å². The van der Waals surface area contributed by atoms with E-state index in [1.165, 1.54) is 25.3 Å². The first-order chi connectivity index (χ1) is 8.10. The molecule has 0 radical (unpaired) electrons. The Hall–Kier alpha value is -1.62. The maximum atomic E-state index is 13.5. The number of methoxy groups -OCH3 is 1. The van der Waals surface area contributed by atoms with Gasteiger partial charge < -0.3 is 15.2 Å². The third-order valence-corrected chi connectivity index (χ3v) is 2.39. The van der Waals surface area contributed by atoms with Crippen LogP contribution in [0.4, 0.5) is 4.39 Å². The minimum absolute atomic E-state index is 0.0901. The van der Waals surface area contributed by atoms with Gasteiger partial charge in [-0.05, 0) is 18.6 Å². The highest BCUT2D eigenvalue weighted by Gasteiger charge is 2.17. The van der Waals surface area contributed by atoms with Crippen LogP contribution in [0.1, 0.15) is 23.7 Å². The molecule has 1 unspecified atom stereocenters. The average molecular weight is 241 g/mol. The van der Waals surface area contributed by atoms with Crippen molar-refractivity contribution in [2.24, 2.45) is 0 Å². The Morgan fingerprint density at radius 2 is 2.29 bits per heavy atom. The monoisotopic (exact) mass is 241 g/mol. The molecule has 0 aromatic heterocycles. The van der Waals surface area contributed by atoms with E-state index in [9.17, 15) is 14.3 Å². The van der Waals surface area contributed by atoms with Gasteiger partial charge in [0.05, 0.1) is 13.2 Å². The molecule has 1 aromatic rings. The molecular weight excluding hydrogens is 225 g/mol. The summed E-state index contributed by atoms with van der Waals surface area (Å²) in [7, 11) is 1.37. The van der Waals surface area contributed by atoms with Crippen molar-refractivity contribution in [3.8, 4) is 5.75 Å². The Bertz CT molecular complexity index is 395. The van der Waals surface area contributed by atoms with Crippen molar-refractivity contribution in [2.45, 2.75) is 19.4 Å². The Balaban J connectivity index is 2.81. The highest BCUT2D eigenvalue weighted by atomic mass is 19.1. The lowest BCUT2D eigenvalue weighted by Gasteiger charge is -2.12. The Labute approximate surface area is 99.4 Å². The topological polar surface area (TPSA) is 58.6 Å². The zero-order valence-corrected chi connectivity index (χ0v) is 9.87. The van der Waals surface area contributed by atoms with E-state index in [1.54, 1.807) is 6.92 Å². The van der Waals surface area contributed by atoms with E-state index in [2.05, 4.69) is 5.32 Å². The van der Waals surface area contributed by atoms with Gasteiger partial charge in [-0.15, -0.1) is 0 Å². The molecule has 0 heterocycles. The first kappa shape index (κ1) is 13.4. The Morgan fingerprint density at radius 3 is 2.88 bits per heavy atom. The first-order valence-electron chi connectivity index (χ1n) is 5.38. The van der Waals surface area contributed by atoms with E-state index in [0.717, 1.165) is 0 Å². The number of halogens is 1. The van der Waals surface area contributed by atoms with Crippen molar-refractivity contribution in [3.05, 3.63) is 29.6 Å². The summed E-state index contributed by atoms with van der Waals surface area (Å²) in [5.41, 5.74) is -0.140. The number of rotatable bonds is 5. The summed E-state index contributed by atoms with van der Waals surface area (Å²) in [6.45, 7) is 1.88. The molecule has 2 N–H and O–H groups in total. The lowest BCUT2D eigenvalue weighted by atomic mass is 10.1. The maximum absolute atomic E-state index is 13.5. The molecule has 94 valence electrons. The molecule has 5 heteroatoms. The van der Waals surface area contributed by atoms with E-state index in [0.29, 0.717) is 6.42 Å². The van der Waals surface area contributed by atoms with Crippen molar-refractivity contribution in [3.63, 3.8) is 0 Å². The molecule has 1 rings (SSSR count). The molecule has 0 fully saturated rings. The van der Waals surface area contributed by atoms with Gasteiger partial charge in [0.25, 0.3) is 5.91 Å². The van der Waals surface area contributed by atoms with E-state index in [-0.39, 0.29) is 17.9 Å². The SMILES string of the molecule is CCC(O)CNC(=O)c1c(F)cccc1OC. The molecule has 1 aromatic carbocycles. The van der Waals surface area contributed by atoms with Gasteiger partial charge in [0.2, 0.25) is 0 Å². The number of carbonyl (C=O) groups excluding carboxylic acids is 1. The Morgan fingerprint density at radius 1 is 1.59 bits per heavy atom. The third kappa shape index (κ3) is 3.42. The van der Waals surface area contributed by atoms with Crippen LogP contribution in [0.3, 0.4) is 0 Å². The molecule has 0 spiro atoms. The molecular formula is C12H16FNO3. The second-order valence-electron chi connectivity index (χ2n) is 3.59. The number of amides is 1. The van der Waals surface area contributed by atoms with Crippen LogP contribution in [0.5, 0.6) is 5.75 Å². The lowest BCUT2D eigenvalue weighted by molar-refractivity contribution is 0.0906. The molecule has 17 heavy (non-hydrogen) atoms. The number of benzene rings is 1. The molecule has 4 nitrogen and oxygen atoms in total. The highest BCUT2D eigenvalue weighted by Crippen LogP contribution is 2.20. The van der Waals surface area contributed by atoms with Crippen molar-refractivity contribution in [1.82, 2.24) is 5.32 Å². The second-order valence-corrected chi connectivity index (χ2v) is 3.59. The summed E-state index contributed by atoms with van der Waals surface area (Å²) in [4.78, 5) is 11.7. The Kier molecular flexibility index (Phi) is 4.90. The van der Waals surface area contributed by atoms with Crippen molar-refractivity contribution in [1.29, 1.82) is 0 Å². The van der Waals surface area contributed by atoms with E-state index in [1.807, 2.05) is 0 Å². The predicted octanol–water partition coefficient (Wildman–Crippen LogP) is 1.34. The largest absolute Gasteiger partial charge is 0.496 e. The quantitative estimate of drug-likeness (QED) is 0.817. The maximum Gasteiger partial charge on any atom is 0.258 e. The summed E-state index contributed by atoms with van der Waals surface area (Å²) < 4.78 is 18.4. The van der Waals surface area contributed by atoms with E-state index in [4.69, 9.17) is 4.74 Å². The third-order valence-electron chi connectivity index (χ3n) is 2.39. The summed E-state index contributed by atoms with van der Waals surface area (Å²) in [6, 6.07) is 4.16. The van der Waals surface area contributed by atoms with Gasteiger partial charge in [-0.2, -0.15) is 0 Å². The number of hydrogen-bond acceptors (Lipinski definition) is 3. The van der Waals surface area contributed by atoms with Crippen LogP contribution in [0.15, 0.2) is 18.2 Å². The molecule has 1 atom stereocenters. The highest BCUT2D eigenvalue weighted by molar-refractivity contribution is 5.97. The van der Waals surface area contributed by atoms with E-state index >= 15 is 0 Å². The molecule has 0 aliphatic rings. The van der Waals surface area contributed by atoms with Crippen LogP contribution < -0.4 is 10.1 Å². The van der Waals surface area contributed by atoms with Crippen LogP contribution in [0.25, 0.3) is 0 Å². The van der Waals surface area contributed by atoms with Gasteiger partial charge in [-0.1, -0.05) is 13.0 Å². The van der Waals surface area contributed by atoms with Gasteiger partial charge in [0.1, 0.15) is 17.1 Å². The normalized spacial score (nSPS) is 12.0. The van der Waals surface area contributed by atoms with Crippen molar-refractivity contribution in [2.75, 3.05) is 13.7 Å². The number of aliphatic hydroxyl groups excluding tert-OH is 1. The summed E-state index contributed by atoms with van der Waals surface area (Å²) in [5, 5.41) is 11.8. The lowest BCUT2D eigenvalue weighted by Crippen LogP contribution is -2.32. The fourth-order valence-corrected chi connectivity index (χ4v) is 1.34. The van der Waals surface area contributed by atoms with Gasteiger partial charge in [-0.3, -0.25) is 4.79 Å². The van der Waals surface area contributed by atoms with Crippen LogP contribution in [-0.2, 0) is 0 Å². The van der Waals surface area contributed by atoms with Crippen LogP contribution in [-0.4, -0.2) is 30.8 Å². The number of nitrogens with one attached hydrogen (secondary N) is 1. The molecule has 1 amide bonds. The fraction of sp³-hybridized carbons (Fsp3) is 0.417. The molecule has 0 aliphatic heterocycles. The van der Waals surface area contributed by atoms with Gasteiger partial charge >= 0.3 is 0 Å². The standard InChI is InChI=1S/C12H16FNO3/c1-3-8(15)7-14-12(16)11-9(13)5-4-6-10(11)17-2/h4-6,8,15H,3,7H2,1-2H3,(H,14,16). The predicted molar refractivity (Wildman–Crippen MR) is 61.6 cm³/mol. The summed E-state index contributed by atoms with van der Waals surface area (Å²) >= 11 is 0. The number of ether oxygens (including phenoxy) is 1.